The van der Waals surface area contributed by atoms with Gasteiger partial charge in [-0.15, -0.1) is 0 Å². The minimum absolute atomic E-state index is 0.00625. The van der Waals surface area contributed by atoms with Crippen molar-refractivity contribution in [1.82, 2.24) is 9.97 Å². The van der Waals surface area contributed by atoms with Crippen molar-refractivity contribution < 1.29 is 26.7 Å². The maximum atomic E-state index is 13.2. The standard InChI is InChI=1S/C18H11F5N4O/c19-14-5-4-13(7-15(14)20)27-17-24-8-10(9-25-17)16(28)26-12-3-1-2-11(6-12)18(21,22)23/h1-9H,(H,26,28)(H,24,25,27). The molecule has 10 heteroatoms. The summed E-state index contributed by atoms with van der Waals surface area (Å²) < 4.78 is 64.2. The number of carbonyl (C=O) groups excluding carboxylic acids is 1. The van der Waals surface area contributed by atoms with Crippen LogP contribution in [0.1, 0.15) is 15.9 Å². The van der Waals surface area contributed by atoms with Gasteiger partial charge in [-0.1, -0.05) is 6.07 Å². The van der Waals surface area contributed by atoms with Gasteiger partial charge in [-0.25, -0.2) is 18.7 Å². The number of nitrogens with zero attached hydrogens (tertiary/aromatic N) is 2. The number of carbonyl (C=O) groups is 1. The number of halogens is 5. The summed E-state index contributed by atoms with van der Waals surface area (Å²) in [4.78, 5) is 19.9. The minimum Gasteiger partial charge on any atom is -0.324 e. The molecule has 0 saturated carbocycles. The van der Waals surface area contributed by atoms with Gasteiger partial charge in [-0.2, -0.15) is 13.2 Å². The number of nitrogens with one attached hydrogen (secondary N) is 2. The van der Waals surface area contributed by atoms with E-state index >= 15 is 0 Å². The van der Waals surface area contributed by atoms with Crippen LogP contribution in [0.2, 0.25) is 0 Å². The van der Waals surface area contributed by atoms with Crippen LogP contribution in [0, 0.1) is 11.6 Å². The average Bonchev–Trinajstić information content (AvgIpc) is 2.65. The van der Waals surface area contributed by atoms with E-state index in [1.165, 1.54) is 18.2 Å². The lowest BCUT2D eigenvalue weighted by molar-refractivity contribution is -0.137. The molecule has 0 unspecified atom stereocenters. The average molecular weight is 394 g/mol. The highest BCUT2D eigenvalue weighted by Crippen LogP contribution is 2.30. The Balaban J connectivity index is 1.69. The van der Waals surface area contributed by atoms with Crippen molar-refractivity contribution in [2.75, 3.05) is 10.6 Å². The van der Waals surface area contributed by atoms with Gasteiger partial charge in [0.1, 0.15) is 0 Å². The van der Waals surface area contributed by atoms with Crippen molar-refractivity contribution >= 4 is 23.2 Å². The van der Waals surface area contributed by atoms with Crippen LogP contribution < -0.4 is 10.6 Å². The van der Waals surface area contributed by atoms with E-state index in [0.29, 0.717) is 0 Å². The first-order chi connectivity index (χ1) is 13.2. The minimum atomic E-state index is -4.53. The van der Waals surface area contributed by atoms with E-state index in [2.05, 4.69) is 20.6 Å². The first-order valence-electron chi connectivity index (χ1n) is 7.75. The molecule has 0 aliphatic carbocycles. The van der Waals surface area contributed by atoms with E-state index in [4.69, 9.17) is 0 Å². The number of anilines is 3. The Morgan fingerprint density at radius 2 is 1.61 bits per heavy atom. The molecule has 1 amide bonds. The van der Waals surface area contributed by atoms with Crippen molar-refractivity contribution in [2.24, 2.45) is 0 Å². The summed E-state index contributed by atoms with van der Waals surface area (Å²) in [7, 11) is 0. The Morgan fingerprint density at radius 3 is 2.25 bits per heavy atom. The fourth-order valence-corrected chi connectivity index (χ4v) is 2.19. The predicted molar refractivity (Wildman–Crippen MR) is 91.1 cm³/mol. The molecule has 5 nitrogen and oxygen atoms in total. The second-order valence-corrected chi connectivity index (χ2v) is 5.58. The fourth-order valence-electron chi connectivity index (χ4n) is 2.19. The van der Waals surface area contributed by atoms with Gasteiger partial charge in [0, 0.05) is 29.8 Å². The zero-order valence-corrected chi connectivity index (χ0v) is 13.9. The smallest absolute Gasteiger partial charge is 0.324 e. The Labute approximate surface area is 155 Å². The number of aromatic nitrogens is 2. The third-order valence-corrected chi connectivity index (χ3v) is 3.54. The molecule has 28 heavy (non-hydrogen) atoms. The zero-order chi connectivity index (χ0) is 20.3. The predicted octanol–water partition coefficient (Wildman–Crippen LogP) is 4.77. The van der Waals surface area contributed by atoms with Crippen LogP contribution in [0.15, 0.2) is 54.9 Å². The normalized spacial score (nSPS) is 11.2. The van der Waals surface area contributed by atoms with Gasteiger partial charge in [0.15, 0.2) is 11.6 Å². The molecule has 0 atom stereocenters. The lowest BCUT2D eigenvalue weighted by Crippen LogP contribution is -2.14. The molecule has 0 aliphatic heterocycles. The van der Waals surface area contributed by atoms with E-state index in [0.717, 1.165) is 36.7 Å². The molecule has 2 aromatic carbocycles. The molecule has 0 aliphatic rings. The zero-order valence-electron chi connectivity index (χ0n) is 13.9. The number of amides is 1. The first-order valence-corrected chi connectivity index (χ1v) is 7.75. The molecule has 144 valence electrons. The first kappa shape index (κ1) is 19.2. The van der Waals surface area contributed by atoms with E-state index < -0.39 is 29.3 Å². The molecular weight excluding hydrogens is 383 g/mol. The third-order valence-electron chi connectivity index (χ3n) is 3.54. The third kappa shape index (κ3) is 4.58. The van der Waals surface area contributed by atoms with Crippen molar-refractivity contribution in [2.45, 2.75) is 6.18 Å². The molecule has 0 radical (unpaired) electrons. The Hall–Kier alpha value is -3.56. The van der Waals surface area contributed by atoms with E-state index in [1.807, 2.05) is 0 Å². The van der Waals surface area contributed by atoms with Gasteiger partial charge in [-0.05, 0) is 30.3 Å². The Morgan fingerprint density at radius 1 is 0.893 bits per heavy atom. The van der Waals surface area contributed by atoms with Gasteiger partial charge in [0.05, 0.1) is 11.1 Å². The van der Waals surface area contributed by atoms with Crippen LogP contribution in [0.3, 0.4) is 0 Å². The lowest BCUT2D eigenvalue weighted by atomic mass is 10.2. The maximum Gasteiger partial charge on any atom is 0.416 e. The van der Waals surface area contributed by atoms with Crippen molar-refractivity contribution in [3.63, 3.8) is 0 Å². The maximum absolute atomic E-state index is 13.2. The quantitative estimate of drug-likeness (QED) is 0.626. The highest BCUT2D eigenvalue weighted by Gasteiger charge is 2.30. The summed E-state index contributed by atoms with van der Waals surface area (Å²) in [6.45, 7) is 0. The van der Waals surface area contributed by atoms with Gasteiger partial charge < -0.3 is 10.6 Å². The molecule has 1 aromatic heterocycles. The van der Waals surface area contributed by atoms with Crippen molar-refractivity contribution in [3.8, 4) is 0 Å². The monoisotopic (exact) mass is 394 g/mol. The molecule has 0 bridgehead atoms. The topological polar surface area (TPSA) is 66.9 Å². The number of alkyl halides is 3. The molecule has 3 rings (SSSR count). The summed E-state index contributed by atoms with van der Waals surface area (Å²) in [6, 6.07) is 7.28. The lowest BCUT2D eigenvalue weighted by Gasteiger charge is -2.10. The van der Waals surface area contributed by atoms with Crippen molar-refractivity contribution in [3.05, 3.63) is 77.6 Å². The van der Waals surface area contributed by atoms with Crippen LogP contribution in [0.5, 0.6) is 0 Å². The van der Waals surface area contributed by atoms with Crippen LogP contribution in [0.4, 0.5) is 39.3 Å². The highest BCUT2D eigenvalue weighted by molar-refractivity contribution is 6.03. The van der Waals surface area contributed by atoms with Gasteiger partial charge >= 0.3 is 6.18 Å². The van der Waals surface area contributed by atoms with E-state index in [-0.39, 0.29) is 22.9 Å². The SMILES string of the molecule is O=C(Nc1cccc(C(F)(F)F)c1)c1cnc(Nc2ccc(F)c(F)c2)nc1. The second-order valence-electron chi connectivity index (χ2n) is 5.58. The summed E-state index contributed by atoms with van der Waals surface area (Å²) in [6.07, 6.45) is -2.26. The number of hydrogen-bond acceptors (Lipinski definition) is 4. The molecule has 1 heterocycles. The summed E-state index contributed by atoms with van der Waals surface area (Å²) in [5, 5.41) is 4.95. The van der Waals surface area contributed by atoms with Gasteiger partial charge in [0.2, 0.25) is 5.95 Å². The molecule has 0 saturated heterocycles. The van der Waals surface area contributed by atoms with Crippen LogP contribution in [0.25, 0.3) is 0 Å². The molecule has 0 spiro atoms. The fraction of sp³-hybridized carbons (Fsp3) is 0.0556. The van der Waals surface area contributed by atoms with Gasteiger partial charge in [-0.3, -0.25) is 4.79 Å². The van der Waals surface area contributed by atoms with Crippen LogP contribution >= 0.6 is 0 Å². The molecule has 2 N–H and O–H groups in total. The number of hydrogen-bond donors (Lipinski definition) is 2. The van der Waals surface area contributed by atoms with Crippen LogP contribution in [-0.4, -0.2) is 15.9 Å². The summed E-state index contributed by atoms with van der Waals surface area (Å²) in [5.74, 6) is -2.75. The Kier molecular flexibility index (Phi) is 5.21. The molecule has 0 fully saturated rings. The van der Waals surface area contributed by atoms with Crippen LogP contribution in [-0.2, 0) is 6.18 Å². The van der Waals surface area contributed by atoms with E-state index in [1.54, 1.807) is 0 Å². The Bertz CT molecular complexity index is 1010. The van der Waals surface area contributed by atoms with Crippen molar-refractivity contribution in [1.29, 1.82) is 0 Å². The van der Waals surface area contributed by atoms with E-state index in [9.17, 15) is 26.7 Å². The number of benzene rings is 2. The summed E-state index contributed by atoms with van der Waals surface area (Å²) >= 11 is 0. The largest absolute Gasteiger partial charge is 0.416 e. The molecule has 3 aromatic rings. The molecular formula is C18H11F5N4O. The number of rotatable bonds is 4. The van der Waals surface area contributed by atoms with Gasteiger partial charge in [0.25, 0.3) is 5.91 Å². The second kappa shape index (κ2) is 7.59. The summed E-state index contributed by atoms with van der Waals surface area (Å²) in [5.41, 5.74) is -0.746. The highest BCUT2D eigenvalue weighted by atomic mass is 19.4.